The molecule has 1 unspecified atom stereocenters. The summed E-state index contributed by atoms with van der Waals surface area (Å²) in [4.78, 5) is 85.6. The molecule has 6 aliphatic rings. The van der Waals surface area contributed by atoms with Gasteiger partial charge < -0.3 is 19.4 Å². The highest BCUT2D eigenvalue weighted by molar-refractivity contribution is 7.81. The van der Waals surface area contributed by atoms with Crippen LogP contribution in [0.1, 0.15) is 100 Å². The number of nitrogens with zero attached hydrogens (tertiary/aromatic N) is 6. The molecule has 6 aliphatic heterocycles. The third-order valence-electron chi connectivity index (χ3n) is 13.6. The van der Waals surface area contributed by atoms with Crippen molar-refractivity contribution in [1.29, 1.82) is 5.26 Å². The van der Waals surface area contributed by atoms with Gasteiger partial charge in [-0.15, -0.1) is 0 Å². The van der Waals surface area contributed by atoms with Gasteiger partial charge in [0.1, 0.15) is 23.1 Å². The first-order valence-corrected chi connectivity index (χ1v) is 21.4. The van der Waals surface area contributed by atoms with Crippen LogP contribution in [0, 0.1) is 22.6 Å². The Bertz CT molecular complexity index is 2630. The molecule has 14 nitrogen and oxygen atoms in total. The van der Waals surface area contributed by atoms with Crippen molar-refractivity contribution < 1.29 is 51.1 Å². The van der Waals surface area contributed by atoms with E-state index in [4.69, 9.17) is 17.0 Å². The molecule has 0 aromatic heterocycles. The smallest absolute Gasteiger partial charge is 0.417 e. The Labute approximate surface area is 369 Å². The van der Waals surface area contributed by atoms with Crippen molar-refractivity contribution in [2.75, 3.05) is 42.6 Å². The molecular weight excluding hydrogens is 859 g/mol. The Morgan fingerprint density at radius 3 is 2.22 bits per heavy atom. The van der Waals surface area contributed by atoms with Crippen LogP contribution >= 0.6 is 12.2 Å². The Morgan fingerprint density at radius 2 is 1.58 bits per heavy atom. The number of nitrogens with one attached hydrogen (secondary N) is 1. The summed E-state index contributed by atoms with van der Waals surface area (Å²) in [7, 11) is 0. The van der Waals surface area contributed by atoms with Gasteiger partial charge in [-0.05, 0) is 132 Å². The SMILES string of the molecule is CC1(C)C(=O)N(c2ccc(C#N)c(C(F)(F)F)c2)C(=S)N1c1ccc(C(=O)N2CCC(N3CCC4(CC3)COc3cc5c(cc3C4)C(=O)N(C3CCC(=O)NC3=O)C5=O)CC2)c(F)c1. The molecular formula is C45H41F4N7O7S. The standard InChI is InChI=1S/C45H41F4N7O7S/c1-43(2)41(62)54(27-4-3-24(22-50)32(18-27)45(47,48)49)42(64)56(43)28-5-6-29(33(46)19-28)38(59)53-13-9-26(10-14-53)52-15-11-44(12-16-52)21-25-17-30-31(20-35(25)63-23-44)40(61)55(39(30)60)34-7-8-36(57)51-37(34)58/h3-6,17-20,26,34H,7-16,21,23H2,1-2H3,(H,51,57,58). The minimum atomic E-state index is -4.87. The van der Waals surface area contributed by atoms with Gasteiger partial charge >= 0.3 is 6.18 Å². The van der Waals surface area contributed by atoms with Gasteiger partial charge in [0.2, 0.25) is 11.8 Å². The van der Waals surface area contributed by atoms with Crippen LogP contribution in [-0.4, -0.2) is 106 Å². The first kappa shape index (κ1) is 43.0. The van der Waals surface area contributed by atoms with Crippen LogP contribution in [0.25, 0.3) is 0 Å². The van der Waals surface area contributed by atoms with Crippen LogP contribution in [0.3, 0.4) is 0 Å². The Hall–Kier alpha value is -6.26. The van der Waals surface area contributed by atoms with Crippen LogP contribution in [0.2, 0.25) is 0 Å². The van der Waals surface area contributed by atoms with Gasteiger partial charge in [-0.3, -0.25) is 43.9 Å². The lowest BCUT2D eigenvalue weighted by Gasteiger charge is -2.47. The number of fused-ring (bicyclic) bond motifs is 2. The van der Waals surface area contributed by atoms with E-state index in [2.05, 4.69) is 10.2 Å². The minimum absolute atomic E-state index is 0.0330. The Kier molecular flexibility index (Phi) is 10.4. The van der Waals surface area contributed by atoms with Gasteiger partial charge in [0.05, 0.1) is 46.2 Å². The maximum atomic E-state index is 15.9. The number of carbonyl (C=O) groups is 6. The summed E-state index contributed by atoms with van der Waals surface area (Å²) in [5.74, 6) is -3.72. The second-order valence-electron chi connectivity index (χ2n) is 17.8. The maximum absolute atomic E-state index is 15.9. The number of piperidine rings is 3. The Morgan fingerprint density at radius 1 is 0.906 bits per heavy atom. The normalized spacial score (nSPS) is 22.4. The fourth-order valence-corrected chi connectivity index (χ4v) is 10.6. The number of carbonyl (C=O) groups excluding carboxylic acids is 6. The Balaban J connectivity index is 0.812. The molecule has 4 fully saturated rings. The number of rotatable bonds is 5. The van der Waals surface area contributed by atoms with Crippen molar-refractivity contribution in [1.82, 2.24) is 20.0 Å². The highest BCUT2D eigenvalue weighted by Gasteiger charge is 2.52. The fraction of sp³-hybridized carbons (Fsp3) is 0.422. The van der Waals surface area contributed by atoms with Crippen LogP contribution in [0.4, 0.5) is 28.9 Å². The number of thiocarbonyl (C=S) groups is 1. The number of anilines is 2. The number of alkyl halides is 3. The average Bonchev–Trinajstić information content (AvgIpc) is 3.60. The lowest BCUT2D eigenvalue weighted by atomic mass is 9.72. The number of ether oxygens (including phenoxy) is 1. The summed E-state index contributed by atoms with van der Waals surface area (Å²) < 4.78 is 63.5. The van der Waals surface area contributed by atoms with Gasteiger partial charge in [-0.1, -0.05) is 0 Å². The van der Waals surface area contributed by atoms with E-state index >= 15 is 4.39 Å². The zero-order valence-corrected chi connectivity index (χ0v) is 35.5. The number of hydrogen-bond acceptors (Lipinski definition) is 10. The highest BCUT2D eigenvalue weighted by atomic mass is 32.1. The topological polar surface area (TPSA) is 164 Å². The van der Waals surface area contributed by atoms with Crippen molar-refractivity contribution in [3.05, 3.63) is 87.7 Å². The monoisotopic (exact) mass is 899 g/mol. The molecule has 1 atom stereocenters. The van der Waals surface area contributed by atoms with Gasteiger partial charge in [0, 0.05) is 36.7 Å². The van der Waals surface area contributed by atoms with Crippen molar-refractivity contribution in [3.63, 3.8) is 0 Å². The summed E-state index contributed by atoms with van der Waals surface area (Å²) in [5.41, 5.74) is -2.49. The number of nitriles is 1. The molecule has 1 spiro atoms. The molecule has 64 heavy (non-hydrogen) atoms. The van der Waals surface area contributed by atoms with Crippen molar-refractivity contribution in [3.8, 4) is 11.8 Å². The molecule has 0 radical (unpaired) electrons. The van der Waals surface area contributed by atoms with E-state index < -0.39 is 70.1 Å². The van der Waals surface area contributed by atoms with E-state index in [-0.39, 0.29) is 57.5 Å². The summed E-state index contributed by atoms with van der Waals surface area (Å²) in [5, 5.41) is 11.2. The zero-order valence-electron chi connectivity index (χ0n) is 34.7. The summed E-state index contributed by atoms with van der Waals surface area (Å²) in [6, 6.07) is 10.6. The third-order valence-corrected chi connectivity index (χ3v) is 14.0. The maximum Gasteiger partial charge on any atom is 0.417 e. The lowest BCUT2D eigenvalue weighted by Crippen LogP contribution is -2.54. The second kappa shape index (κ2) is 15.5. The van der Waals surface area contributed by atoms with Crippen molar-refractivity contribution in [2.24, 2.45) is 5.41 Å². The van der Waals surface area contributed by atoms with Crippen LogP contribution in [-0.2, 0) is 27.0 Å². The molecule has 9 rings (SSSR count). The lowest BCUT2D eigenvalue weighted by molar-refractivity contribution is -0.138. The predicted molar refractivity (Wildman–Crippen MR) is 224 cm³/mol. The first-order chi connectivity index (χ1) is 30.3. The predicted octanol–water partition coefficient (Wildman–Crippen LogP) is 5.36. The van der Waals surface area contributed by atoms with Crippen LogP contribution in [0.5, 0.6) is 5.75 Å². The molecule has 3 aromatic carbocycles. The van der Waals surface area contributed by atoms with E-state index in [0.29, 0.717) is 50.8 Å². The molecule has 6 amide bonds. The van der Waals surface area contributed by atoms with Gasteiger partial charge in [0.15, 0.2) is 5.11 Å². The number of halogens is 4. The highest BCUT2D eigenvalue weighted by Crippen LogP contribution is 2.45. The molecule has 19 heteroatoms. The number of likely N-dealkylation sites (tertiary alicyclic amines) is 2. The minimum Gasteiger partial charge on any atom is -0.493 e. The zero-order chi connectivity index (χ0) is 45.6. The largest absolute Gasteiger partial charge is 0.493 e. The number of hydrogen-bond donors (Lipinski definition) is 1. The van der Waals surface area contributed by atoms with Crippen LogP contribution in [0.15, 0.2) is 48.5 Å². The fourth-order valence-electron chi connectivity index (χ4n) is 10.1. The molecule has 0 aliphatic carbocycles. The summed E-state index contributed by atoms with van der Waals surface area (Å²) in [6.07, 6.45) is -1.14. The molecule has 0 bridgehead atoms. The number of benzene rings is 3. The van der Waals surface area contributed by atoms with Crippen LogP contribution < -0.4 is 19.9 Å². The molecule has 332 valence electrons. The van der Waals surface area contributed by atoms with E-state index in [1.54, 1.807) is 17.0 Å². The molecule has 0 saturated carbocycles. The third kappa shape index (κ3) is 7.07. The van der Waals surface area contributed by atoms with Crippen molar-refractivity contribution >= 4 is 64.1 Å². The molecule has 6 heterocycles. The molecule has 1 N–H and O–H groups in total. The quantitative estimate of drug-likeness (QED) is 0.200. The summed E-state index contributed by atoms with van der Waals surface area (Å²) in [6.45, 7) is 5.80. The number of amides is 6. The number of imide groups is 2. The van der Waals surface area contributed by atoms with E-state index in [0.717, 1.165) is 53.4 Å². The summed E-state index contributed by atoms with van der Waals surface area (Å²) >= 11 is 5.58. The second-order valence-corrected chi connectivity index (χ2v) is 18.2. The van der Waals surface area contributed by atoms with Gasteiger partial charge in [-0.2, -0.15) is 18.4 Å². The molecule has 4 saturated heterocycles. The van der Waals surface area contributed by atoms with Gasteiger partial charge in [0.25, 0.3) is 23.6 Å². The van der Waals surface area contributed by atoms with E-state index in [1.165, 1.54) is 43.0 Å². The first-order valence-electron chi connectivity index (χ1n) is 21.0. The van der Waals surface area contributed by atoms with Gasteiger partial charge in [-0.25, -0.2) is 4.39 Å². The van der Waals surface area contributed by atoms with Crippen molar-refractivity contribution in [2.45, 2.75) is 82.6 Å². The molecule has 3 aromatic rings. The van der Waals surface area contributed by atoms with E-state index in [9.17, 15) is 47.2 Å². The average molecular weight is 900 g/mol. The van der Waals surface area contributed by atoms with E-state index in [1.807, 2.05) is 0 Å².